The fourth-order valence-electron chi connectivity index (χ4n) is 1.52. The summed E-state index contributed by atoms with van der Waals surface area (Å²) in [5, 5.41) is 1.66. The Hall–Kier alpha value is -1.31. The number of halogens is 3. The molecule has 5 nitrogen and oxygen atoms in total. The first-order chi connectivity index (χ1) is 9.60. The van der Waals surface area contributed by atoms with Gasteiger partial charge in [0.05, 0.1) is 13.2 Å². The lowest BCUT2D eigenvalue weighted by atomic mass is 10.1. The van der Waals surface area contributed by atoms with Crippen molar-refractivity contribution >= 4 is 11.9 Å². The number of ether oxygens (including phenoxy) is 2. The van der Waals surface area contributed by atoms with Crippen LogP contribution in [0.4, 0.5) is 13.2 Å². The monoisotopic (exact) mass is 313 g/mol. The Labute approximate surface area is 122 Å². The Bertz CT molecular complexity index is 358. The summed E-state index contributed by atoms with van der Waals surface area (Å²) in [6.07, 6.45) is -5.04. The van der Waals surface area contributed by atoms with Crippen molar-refractivity contribution in [1.82, 2.24) is 5.32 Å². The molecule has 0 rings (SSSR count). The first kappa shape index (κ1) is 19.7. The smallest absolute Gasteiger partial charge is 0.448 e. The Morgan fingerprint density at radius 2 is 1.76 bits per heavy atom. The molecule has 0 saturated heterocycles. The second kappa shape index (κ2) is 8.21. The first-order valence-corrected chi connectivity index (χ1v) is 6.79. The minimum Gasteiger partial charge on any atom is -0.462 e. The lowest BCUT2D eigenvalue weighted by molar-refractivity contribution is -0.286. The highest BCUT2D eigenvalue weighted by molar-refractivity contribution is 5.87. The van der Waals surface area contributed by atoms with Crippen LogP contribution in [0.15, 0.2) is 0 Å². The SMILES string of the molecule is CCCOC(NC(=O)CC(C)C)(C(=O)OCC)C(F)(F)F. The summed E-state index contributed by atoms with van der Waals surface area (Å²) in [5.74, 6) is -2.75. The summed E-state index contributed by atoms with van der Waals surface area (Å²) in [7, 11) is 0. The van der Waals surface area contributed by atoms with Crippen molar-refractivity contribution in [2.24, 2.45) is 5.92 Å². The normalized spacial score (nSPS) is 14.7. The van der Waals surface area contributed by atoms with Gasteiger partial charge in [-0.2, -0.15) is 13.2 Å². The molecule has 0 spiro atoms. The molecule has 1 unspecified atom stereocenters. The van der Waals surface area contributed by atoms with Gasteiger partial charge in [0.2, 0.25) is 5.91 Å². The highest BCUT2D eigenvalue weighted by Gasteiger charge is 2.64. The summed E-state index contributed by atoms with van der Waals surface area (Å²) >= 11 is 0. The maximum absolute atomic E-state index is 13.3. The largest absolute Gasteiger partial charge is 0.462 e. The molecule has 0 bridgehead atoms. The van der Waals surface area contributed by atoms with Gasteiger partial charge in [-0.25, -0.2) is 4.79 Å². The molecule has 0 saturated carbocycles. The second-order valence-corrected chi connectivity index (χ2v) is 4.89. The summed E-state index contributed by atoms with van der Waals surface area (Å²) in [4.78, 5) is 23.4. The number of hydrogen-bond acceptors (Lipinski definition) is 4. The van der Waals surface area contributed by atoms with E-state index in [9.17, 15) is 22.8 Å². The molecule has 0 aliphatic carbocycles. The van der Waals surface area contributed by atoms with Crippen LogP contribution in [0, 0.1) is 5.92 Å². The van der Waals surface area contributed by atoms with Gasteiger partial charge in [-0.1, -0.05) is 20.8 Å². The van der Waals surface area contributed by atoms with E-state index >= 15 is 0 Å². The van der Waals surface area contributed by atoms with E-state index in [4.69, 9.17) is 0 Å². The first-order valence-electron chi connectivity index (χ1n) is 6.79. The third-order valence-electron chi connectivity index (χ3n) is 2.39. The van der Waals surface area contributed by atoms with Gasteiger partial charge in [-0.05, 0) is 19.3 Å². The van der Waals surface area contributed by atoms with E-state index in [-0.39, 0.29) is 32.0 Å². The number of rotatable bonds is 8. The molecule has 8 heteroatoms. The number of esters is 1. The van der Waals surface area contributed by atoms with Crippen molar-refractivity contribution in [2.45, 2.75) is 52.4 Å². The van der Waals surface area contributed by atoms with Gasteiger partial charge in [0, 0.05) is 6.42 Å². The van der Waals surface area contributed by atoms with E-state index in [0.717, 1.165) is 0 Å². The van der Waals surface area contributed by atoms with Gasteiger partial charge in [0.1, 0.15) is 0 Å². The Balaban J connectivity index is 5.45. The van der Waals surface area contributed by atoms with Crippen molar-refractivity contribution in [3.8, 4) is 0 Å². The van der Waals surface area contributed by atoms with Crippen molar-refractivity contribution in [3.63, 3.8) is 0 Å². The van der Waals surface area contributed by atoms with Crippen LogP contribution in [-0.2, 0) is 19.1 Å². The van der Waals surface area contributed by atoms with Gasteiger partial charge in [0.25, 0.3) is 0 Å². The van der Waals surface area contributed by atoms with E-state index < -0.39 is 23.8 Å². The van der Waals surface area contributed by atoms with E-state index in [0.29, 0.717) is 0 Å². The summed E-state index contributed by atoms with van der Waals surface area (Å²) in [6, 6.07) is 0. The summed E-state index contributed by atoms with van der Waals surface area (Å²) < 4.78 is 49.1. The zero-order valence-corrected chi connectivity index (χ0v) is 12.7. The standard InChI is InChI=1S/C13H22F3NO4/c1-5-7-21-12(13(14,15)16,11(19)20-6-2)17-10(18)8-9(3)4/h9H,5-8H2,1-4H3,(H,17,18). The van der Waals surface area contributed by atoms with Crippen LogP contribution in [-0.4, -0.2) is 37.0 Å². The molecule has 0 radical (unpaired) electrons. The average molecular weight is 313 g/mol. The number of nitrogens with one attached hydrogen (secondary N) is 1. The zero-order valence-electron chi connectivity index (χ0n) is 12.7. The van der Waals surface area contributed by atoms with E-state index in [1.54, 1.807) is 26.1 Å². The minimum absolute atomic E-state index is 0.160. The molecule has 0 aromatic rings. The lowest BCUT2D eigenvalue weighted by Crippen LogP contribution is -2.66. The third-order valence-corrected chi connectivity index (χ3v) is 2.39. The van der Waals surface area contributed by atoms with Gasteiger partial charge >= 0.3 is 17.9 Å². The number of carbonyl (C=O) groups is 2. The summed E-state index contributed by atoms with van der Waals surface area (Å²) in [5.41, 5.74) is -3.45. The van der Waals surface area contributed by atoms with Crippen LogP contribution in [0.5, 0.6) is 0 Å². The van der Waals surface area contributed by atoms with Crippen molar-refractivity contribution in [2.75, 3.05) is 13.2 Å². The van der Waals surface area contributed by atoms with Crippen LogP contribution >= 0.6 is 0 Å². The fourth-order valence-corrected chi connectivity index (χ4v) is 1.52. The van der Waals surface area contributed by atoms with Crippen molar-refractivity contribution in [3.05, 3.63) is 0 Å². The summed E-state index contributed by atoms with van der Waals surface area (Å²) in [6.45, 7) is 5.70. The van der Waals surface area contributed by atoms with Gasteiger partial charge in [0.15, 0.2) is 0 Å². The van der Waals surface area contributed by atoms with E-state index in [1.807, 2.05) is 0 Å². The number of carbonyl (C=O) groups excluding carboxylic acids is 2. The molecule has 0 heterocycles. The third kappa shape index (κ3) is 5.53. The molecule has 0 aliphatic heterocycles. The second-order valence-electron chi connectivity index (χ2n) is 4.89. The maximum atomic E-state index is 13.3. The molecule has 0 aromatic heterocycles. The molecule has 1 atom stereocenters. The highest BCUT2D eigenvalue weighted by atomic mass is 19.4. The maximum Gasteiger partial charge on any atom is 0.448 e. The van der Waals surface area contributed by atoms with Crippen molar-refractivity contribution in [1.29, 1.82) is 0 Å². The van der Waals surface area contributed by atoms with Crippen LogP contribution in [0.1, 0.15) is 40.5 Å². The highest BCUT2D eigenvalue weighted by Crippen LogP contribution is 2.33. The Morgan fingerprint density at radius 1 is 1.19 bits per heavy atom. The quantitative estimate of drug-likeness (QED) is 0.552. The Morgan fingerprint density at radius 3 is 2.14 bits per heavy atom. The molecule has 124 valence electrons. The van der Waals surface area contributed by atoms with Gasteiger partial charge < -0.3 is 14.8 Å². The van der Waals surface area contributed by atoms with E-state index in [1.165, 1.54) is 6.92 Å². The number of amides is 1. The number of alkyl halides is 3. The van der Waals surface area contributed by atoms with Gasteiger partial charge in [-0.15, -0.1) is 0 Å². The molecule has 1 amide bonds. The van der Waals surface area contributed by atoms with Crippen LogP contribution in [0.25, 0.3) is 0 Å². The minimum atomic E-state index is -5.12. The Kier molecular flexibility index (Phi) is 7.70. The predicted octanol–water partition coefficient (Wildman–Crippen LogP) is 2.40. The predicted molar refractivity (Wildman–Crippen MR) is 69.3 cm³/mol. The van der Waals surface area contributed by atoms with Gasteiger partial charge in [-0.3, -0.25) is 4.79 Å². The molecule has 0 aromatic carbocycles. The number of hydrogen-bond donors (Lipinski definition) is 1. The topological polar surface area (TPSA) is 64.6 Å². The molecule has 21 heavy (non-hydrogen) atoms. The zero-order chi connectivity index (χ0) is 16.7. The molecule has 0 aliphatic rings. The van der Waals surface area contributed by atoms with Crippen LogP contribution in [0.3, 0.4) is 0 Å². The molecule has 0 fully saturated rings. The average Bonchev–Trinajstić information content (AvgIpc) is 2.32. The van der Waals surface area contributed by atoms with E-state index in [2.05, 4.69) is 9.47 Å². The van der Waals surface area contributed by atoms with Crippen LogP contribution < -0.4 is 5.32 Å². The van der Waals surface area contributed by atoms with Crippen LogP contribution in [0.2, 0.25) is 0 Å². The molecular weight excluding hydrogens is 291 g/mol. The molecular formula is C13H22F3NO4. The molecule has 1 N–H and O–H groups in total. The van der Waals surface area contributed by atoms with Crippen molar-refractivity contribution < 1.29 is 32.2 Å². The fraction of sp³-hybridized carbons (Fsp3) is 0.846. The lowest BCUT2D eigenvalue weighted by Gasteiger charge is -2.33.